The van der Waals surface area contributed by atoms with Crippen molar-refractivity contribution in [3.05, 3.63) is 51.5 Å². The van der Waals surface area contributed by atoms with Gasteiger partial charge in [-0.25, -0.2) is 0 Å². The van der Waals surface area contributed by atoms with Crippen molar-refractivity contribution in [3.63, 3.8) is 0 Å². The van der Waals surface area contributed by atoms with Gasteiger partial charge in [-0.1, -0.05) is 15.9 Å². The summed E-state index contributed by atoms with van der Waals surface area (Å²) < 4.78 is 0.953. The smallest absolute Gasteiger partial charge is 0.256 e. The van der Waals surface area contributed by atoms with E-state index in [1.807, 2.05) is 31.2 Å². The zero-order chi connectivity index (χ0) is 18.1. The van der Waals surface area contributed by atoms with Crippen molar-refractivity contribution in [1.29, 1.82) is 0 Å². The van der Waals surface area contributed by atoms with Crippen LogP contribution in [-0.4, -0.2) is 24.1 Å². The van der Waals surface area contributed by atoms with Crippen molar-refractivity contribution in [3.8, 4) is 5.75 Å². The largest absolute Gasteiger partial charge is 0.507 e. The third-order valence-corrected chi connectivity index (χ3v) is 5.46. The minimum absolute atomic E-state index is 0.150. The number of hydrogen-bond donors (Lipinski definition) is 2. The van der Waals surface area contributed by atoms with E-state index in [0.29, 0.717) is 11.1 Å². The standard InChI is InChI=1S/C20H21BrN2O2/c1-4-23(5-2)14-7-6-13(18(24)11-14)10-15-19-12(3)16(21)8-9-17(19)22-20(15)25/h6-11,24H,4-5H2,1-3H3,(H,22,25). The molecule has 0 aliphatic carbocycles. The number of hydrogen-bond acceptors (Lipinski definition) is 3. The molecule has 1 aliphatic rings. The number of nitrogens with zero attached hydrogens (tertiary/aromatic N) is 1. The number of aromatic hydroxyl groups is 1. The molecule has 0 radical (unpaired) electrons. The summed E-state index contributed by atoms with van der Waals surface area (Å²) in [5.74, 6) is 0.0224. The highest BCUT2D eigenvalue weighted by Gasteiger charge is 2.27. The van der Waals surface area contributed by atoms with Crippen LogP contribution in [0, 0.1) is 6.92 Å². The Kier molecular flexibility index (Phi) is 4.86. The summed E-state index contributed by atoms with van der Waals surface area (Å²) in [7, 11) is 0. The lowest BCUT2D eigenvalue weighted by atomic mass is 9.99. The summed E-state index contributed by atoms with van der Waals surface area (Å²) in [4.78, 5) is 14.6. The van der Waals surface area contributed by atoms with Gasteiger partial charge in [0.05, 0.1) is 5.57 Å². The predicted molar refractivity (Wildman–Crippen MR) is 107 cm³/mol. The number of carbonyl (C=O) groups excluding carboxylic acids is 1. The second kappa shape index (κ2) is 6.92. The highest BCUT2D eigenvalue weighted by Crippen LogP contribution is 2.39. The Morgan fingerprint density at radius 2 is 1.92 bits per heavy atom. The third kappa shape index (κ3) is 3.16. The van der Waals surface area contributed by atoms with Crippen LogP contribution < -0.4 is 10.2 Å². The molecule has 5 heteroatoms. The zero-order valence-electron chi connectivity index (χ0n) is 14.6. The molecule has 2 N–H and O–H groups in total. The van der Waals surface area contributed by atoms with Crippen molar-refractivity contribution in [1.82, 2.24) is 0 Å². The van der Waals surface area contributed by atoms with E-state index in [9.17, 15) is 9.90 Å². The van der Waals surface area contributed by atoms with E-state index < -0.39 is 0 Å². The van der Waals surface area contributed by atoms with E-state index in [4.69, 9.17) is 0 Å². The van der Waals surface area contributed by atoms with Crippen LogP contribution in [0.3, 0.4) is 0 Å². The molecule has 0 unspecified atom stereocenters. The molecule has 130 valence electrons. The molecule has 0 aromatic heterocycles. The molecule has 0 fully saturated rings. The second-order valence-electron chi connectivity index (χ2n) is 6.02. The number of nitrogens with one attached hydrogen (secondary N) is 1. The SMILES string of the molecule is CCN(CC)c1ccc(C=C2C(=O)Nc3ccc(Br)c(C)c32)c(O)c1. The summed E-state index contributed by atoms with van der Waals surface area (Å²) in [5, 5.41) is 13.3. The van der Waals surface area contributed by atoms with E-state index in [0.717, 1.165) is 40.1 Å². The third-order valence-electron chi connectivity index (χ3n) is 4.60. The Balaban J connectivity index is 2.05. The highest BCUT2D eigenvalue weighted by atomic mass is 79.9. The van der Waals surface area contributed by atoms with E-state index in [1.165, 1.54) is 0 Å². The Bertz CT molecular complexity index is 870. The molecular weight excluding hydrogens is 380 g/mol. The number of carbonyl (C=O) groups is 1. The fraction of sp³-hybridized carbons (Fsp3) is 0.250. The predicted octanol–water partition coefficient (Wildman–Crippen LogP) is 4.80. The molecule has 0 saturated heterocycles. The fourth-order valence-corrected chi connectivity index (χ4v) is 3.50. The molecule has 0 spiro atoms. The molecule has 4 nitrogen and oxygen atoms in total. The van der Waals surface area contributed by atoms with E-state index in [-0.39, 0.29) is 11.7 Å². The number of anilines is 2. The number of phenols is 1. The first kappa shape index (κ1) is 17.5. The van der Waals surface area contributed by atoms with Gasteiger partial charge in [0, 0.05) is 46.1 Å². The van der Waals surface area contributed by atoms with Gasteiger partial charge in [0.25, 0.3) is 5.91 Å². The Hall–Kier alpha value is -2.27. The lowest BCUT2D eigenvalue weighted by Gasteiger charge is -2.21. The fourth-order valence-electron chi connectivity index (χ4n) is 3.17. The van der Waals surface area contributed by atoms with Gasteiger partial charge in [-0.05, 0) is 56.7 Å². The lowest BCUT2D eigenvalue weighted by Crippen LogP contribution is -2.21. The van der Waals surface area contributed by atoms with Gasteiger partial charge in [-0.15, -0.1) is 0 Å². The minimum atomic E-state index is -0.150. The molecule has 1 aliphatic heterocycles. The highest BCUT2D eigenvalue weighted by molar-refractivity contribution is 9.10. The van der Waals surface area contributed by atoms with Crippen LogP contribution in [0.25, 0.3) is 11.6 Å². The zero-order valence-corrected chi connectivity index (χ0v) is 16.1. The number of halogens is 1. The summed E-state index contributed by atoms with van der Waals surface area (Å²) in [5.41, 5.74) is 4.86. The van der Waals surface area contributed by atoms with Crippen molar-refractivity contribution in [2.24, 2.45) is 0 Å². The van der Waals surface area contributed by atoms with Crippen LogP contribution in [-0.2, 0) is 4.79 Å². The molecule has 25 heavy (non-hydrogen) atoms. The van der Waals surface area contributed by atoms with Gasteiger partial charge in [0.1, 0.15) is 5.75 Å². The first-order valence-electron chi connectivity index (χ1n) is 8.36. The van der Waals surface area contributed by atoms with Crippen LogP contribution in [0.15, 0.2) is 34.8 Å². The van der Waals surface area contributed by atoms with Crippen LogP contribution in [0.1, 0.15) is 30.5 Å². The number of phenolic OH excluding ortho intramolecular Hbond substituents is 1. The molecule has 3 rings (SSSR count). The number of benzene rings is 2. The maximum absolute atomic E-state index is 12.4. The summed E-state index contributed by atoms with van der Waals surface area (Å²) >= 11 is 3.52. The topological polar surface area (TPSA) is 52.6 Å². The van der Waals surface area contributed by atoms with Crippen LogP contribution in [0.2, 0.25) is 0 Å². The van der Waals surface area contributed by atoms with Gasteiger partial charge in [0.2, 0.25) is 0 Å². The van der Waals surface area contributed by atoms with Gasteiger partial charge in [-0.2, -0.15) is 0 Å². The summed E-state index contributed by atoms with van der Waals surface area (Å²) in [6.07, 6.45) is 1.75. The Morgan fingerprint density at radius 1 is 1.20 bits per heavy atom. The van der Waals surface area contributed by atoms with Crippen molar-refractivity contribution in [2.75, 3.05) is 23.3 Å². The van der Waals surface area contributed by atoms with Crippen LogP contribution in [0.4, 0.5) is 11.4 Å². The maximum Gasteiger partial charge on any atom is 0.256 e. The monoisotopic (exact) mass is 400 g/mol. The van der Waals surface area contributed by atoms with Gasteiger partial charge in [-0.3, -0.25) is 4.79 Å². The minimum Gasteiger partial charge on any atom is -0.507 e. The summed E-state index contributed by atoms with van der Waals surface area (Å²) in [6, 6.07) is 9.39. The van der Waals surface area contributed by atoms with Gasteiger partial charge >= 0.3 is 0 Å². The molecule has 2 aromatic carbocycles. The molecule has 2 aromatic rings. The van der Waals surface area contributed by atoms with Gasteiger partial charge in [0.15, 0.2) is 0 Å². The lowest BCUT2D eigenvalue weighted by molar-refractivity contribution is -0.110. The van der Waals surface area contributed by atoms with Crippen LogP contribution in [0.5, 0.6) is 5.75 Å². The van der Waals surface area contributed by atoms with E-state index in [1.54, 1.807) is 12.1 Å². The number of amides is 1. The van der Waals surface area contributed by atoms with Crippen molar-refractivity contribution >= 4 is 44.9 Å². The van der Waals surface area contributed by atoms with Gasteiger partial charge < -0.3 is 15.3 Å². The molecule has 0 bridgehead atoms. The van der Waals surface area contributed by atoms with E-state index >= 15 is 0 Å². The Morgan fingerprint density at radius 3 is 2.56 bits per heavy atom. The molecule has 0 saturated carbocycles. The van der Waals surface area contributed by atoms with Crippen molar-refractivity contribution in [2.45, 2.75) is 20.8 Å². The average molecular weight is 401 g/mol. The normalized spacial score (nSPS) is 14.6. The van der Waals surface area contributed by atoms with Crippen molar-refractivity contribution < 1.29 is 9.90 Å². The second-order valence-corrected chi connectivity index (χ2v) is 6.88. The van der Waals surface area contributed by atoms with Crippen LogP contribution >= 0.6 is 15.9 Å². The maximum atomic E-state index is 12.4. The average Bonchev–Trinajstić information content (AvgIpc) is 2.91. The Labute approximate surface area is 156 Å². The number of rotatable bonds is 4. The van der Waals surface area contributed by atoms with E-state index in [2.05, 4.69) is 40.0 Å². The molecular formula is C20H21BrN2O2. The first-order valence-corrected chi connectivity index (χ1v) is 9.16. The first-order chi connectivity index (χ1) is 12.0. The molecule has 1 amide bonds. The molecule has 1 heterocycles. The quantitative estimate of drug-likeness (QED) is 0.724. The summed E-state index contributed by atoms with van der Waals surface area (Å²) in [6.45, 7) is 7.88. The molecule has 0 atom stereocenters. The number of fused-ring (bicyclic) bond motifs is 1.